The summed E-state index contributed by atoms with van der Waals surface area (Å²) < 4.78 is 48.1. The first-order valence-corrected chi connectivity index (χ1v) is 13.4. The number of likely N-dealkylation sites (tertiary alicyclic amines) is 1. The maximum atomic E-state index is 15.6. The lowest BCUT2D eigenvalue weighted by atomic mass is 9.91. The summed E-state index contributed by atoms with van der Waals surface area (Å²) in [6, 6.07) is 13.2. The molecule has 1 aliphatic heterocycles. The number of carbonyl (C=O) groups is 1. The number of carbonyl (C=O) groups excluding carboxylic acids is 1. The zero-order valence-corrected chi connectivity index (χ0v) is 20.6. The lowest BCUT2D eigenvalue weighted by Gasteiger charge is -2.29. The number of methoxy groups -OCH3 is 1. The highest BCUT2D eigenvalue weighted by atomic mass is 32.2. The fourth-order valence-corrected chi connectivity index (χ4v) is 5.74. The molecule has 1 spiro atoms. The number of amides is 2. The molecule has 2 N–H and O–H groups in total. The third-order valence-electron chi connectivity index (χ3n) is 6.96. The van der Waals surface area contributed by atoms with Crippen molar-refractivity contribution in [2.75, 3.05) is 26.5 Å². The highest BCUT2D eigenvalue weighted by molar-refractivity contribution is 7.88. The molecule has 0 radical (unpaired) electrons. The number of halogens is 1. The van der Waals surface area contributed by atoms with Gasteiger partial charge in [-0.2, -0.15) is 0 Å². The van der Waals surface area contributed by atoms with Crippen LogP contribution in [0, 0.1) is 11.2 Å². The SMILES string of the molecule is CO[C@H](C)CNC(=O)N1CC2(CC2)[C@H](NS(C)(=O)=O)[C@@H]1Cc1cccc(-c2ccccc2)c1F. The predicted molar refractivity (Wildman–Crippen MR) is 129 cm³/mol. The number of rotatable bonds is 8. The summed E-state index contributed by atoms with van der Waals surface area (Å²) in [5, 5.41) is 2.88. The third kappa shape index (κ3) is 5.26. The van der Waals surface area contributed by atoms with Gasteiger partial charge >= 0.3 is 6.03 Å². The van der Waals surface area contributed by atoms with Crippen molar-refractivity contribution in [2.45, 2.75) is 44.4 Å². The fourth-order valence-electron chi connectivity index (χ4n) is 4.88. The zero-order chi connectivity index (χ0) is 24.5. The van der Waals surface area contributed by atoms with Crippen LogP contribution in [0.3, 0.4) is 0 Å². The molecule has 1 saturated carbocycles. The summed E-state index contributed by atoms with van der Waals surface area (Å²) in [5.74, 6) is -0.350. The van der Waals surface area contributed by atoms with Gasteiger partial charge < -0.3 is 15.0 Å². The van der Waals surface area contributed by atoms with Gasteiger partial charge in [0, 0.05) is 37.2 Å². The van der Waals surface area contributed by atoms with E-state index in [1.807, 2.05) is 37.3 Å². The summed E-state index contributed by atoms with van der Waals surface area (Å²) in [6.07, 6.45) is 2.81. The van der Waals surface area contributed by atoms with Crippen molar-refractivity contribution in [1.82, 2.24) is 14.9 Å². The molecular weight excluding hydrogens is 457 g/mol. The van der Waals surface area contributed by atoms with Gasteiger partial charge in [-0.1, -0.05) is 48.5 Å². The van der Waals surface area contributed by atoms with Crippen LogP contribution in [0.4, 0.5) is 9.18 Å². The number of urea groups is 1. The van der Waals surface area contributed by atoms with Gasteiger partial charge in [-0.15, -0.1) is 0 Å². The molecule has 2 fully saturated rings. The minimum absolute atomic E-state index is 0.162. The summed E-state index contributed by atoms with van der Waals surface area (Å²) >= 11 is 0. The third-order valence-corrected chi connectivity index (χ3v) is 7.64. The molecular formula is C25H32FN3O4S. The Hall–Kier alpha value is -2.49. The Labute approximate surface area is 200 Å². The van der Waals surface area contributed by atoms with Crippen LogP contribution in [0.25, 0.3) is 11.1 Å². The van der Waals surface area contributed by atoms with Crippen molar-refractivity contribution in [2.24, 2.45) is 5.41 Å². The quantitative estimate of drug-likeness (QED) is 0.596. The molecule has 2 aromatic carbocycles. The van der Waals surface area contributed by atoms with Gasteiger partial charge in [0.15, 0.2) is 0 Å². The van der Waals surface area contributed by atoms with E-state index in [4.69, 9.17) is 4.74 Å². The largest absolute Gasteiger partial charge is 0.380 e. The molecule has 34 heavy (non-hydrogen) atoms. The standard InChI is InChI=1S/C25H32FN3O4S/c1-17(33-2)15-27-24(30)29-16-25(12-13-25)23(28-34(3,31)32)21(29)14-19-10-7-11-20(22(19)26)18-8-5-4-6-9-18/h4-11,17,21,23,28H,12-16H2,1-3H3,(H,27,30)/t17-,21+,23-/m1/s1. The normalized spacial score (nSPS) is 22.1. The number of sulfonamides is 1. The van der Waals surface area contributed by atoms with Crippen molar-refractivity contribution >= 4 is 16.1 Å². The van der Waals surface area contributed by atoms with E-state index in [2.05, 4.69) is 10.0 Å². The predicted octanol–water partition coefficient (Wildman–Crippen LogP) is 3.16. The molecule has 1 saturated heterocycles. The molecule has 2 aromatic rings. The Morgan fingerprint density at radius 1 is 1.21 bits per heavy atom. The van der Waals surface area contributed by atoms with Crippen molar-refractivity contribution < 1.29 is 22.3 Å². The lowest BCUT2D eigenvalue weighted by Crippen LogP contribution is -2.52. The number of benzene rings is 2. The second kappa shape index (κ2) is 9.64. The van der Waals surface area contributed by atoms with Gasteiger partial charge in [0.05, 0.1) is 18.4 Å². The van der Waals surface area contributed by atoms with Gasteiger partial charge in [-0.3, -0.25) is 0 Å². The molecule has 0 aromatic heterocycles. The summed E-state index contributed by atoms with van der Waals surface area (Å²) in [7, 11) is -1.95. The van der Waals surface area contributed by atoms with Gasteiger partial charge in [-0.05, 0) is 37.3 Å². The van der Waals surface area contributed by atoms with Gasteiger partial charge in [0.25, 0.3) is 0 Å². The molecule has 3 atom stereocenters. The average molecular weight is 490 g/mol. The van der Waals surface area contributed by atoms with Gasteiger partial charge in [0.1, 0.15) is 5.82 Å². The van der Waals surface area contributed by atoms with Crippen LogP contribution in [0.15, 0.2) is 48.5 Å². The van der Waals surface area contributed by atoms with Crippen LogP contribution in [0.5, 0.6) is 0 Å². The Bertz CT molecular complexity index is 1140. The Kier molecular flexibility index (Phi) is 6.98. The average Bonchev–Trinajstić information content (AvgIpc) is 3.53. The molecule has 0 unspecified atom stereocenters. The maximum absolute atomic E-state index is 15.6. The molecule has 1 aliphatic carbocycles. The van der Waals surface area contributed by atoms with E-state index in [9.17, 15) is 13.2 Å². The molecule has 2 aliphatic rings. The van der Waals surface area contributed by atoms with Gasteiger partial charge in [-0.25, -0.2) is 22.3 Å². The molecule has 1 heterocycles. The second-order valence-corrected chi connectivity index (χ2v) is 11.3. The van der Waals surface area contributed by atoms with Crippen molar-refractivity contribution in [3.8, 4) is 11.1 Å². The van der Waals surface area contributed by atoms with Crippen LogP contribution < -0.4 is 10.0 Å². The first-order valence-electron chi connectivity index (χ1n) is 11.5. The molecule has 9 heteroatoms. The smallest absolute Gasteiger partial charge is 0.317 e. The fraction of sp³-hybridized carbons (Fsp3) is 0.480. The first-order chi connectivity index (χ1) is 16.1. The molecule has 7 nitrogen and oxygen atoms in total. The highest BCUT2D eigenvalue weighted by Crippen LogP contribution is 2.55. The lowest BCUT2D eigenvalue weighted by molar-refractivity contribution is 0.114. The van der Waals surface area contributed by atoms with E-state index in [1.165, 1.54) is 0 Å². The zero-order valence-electron chi connectivity index (χ0n) is 19.8. The Balaban J connectivity index is 1.66. The minimum atomic E-state index is -3.53. The van der Waals surface area contributed by atoms with Crippen LogP contribution in [0.2, 0.25) is 0 Å². The molecule has 4 rings (SSSR count). The summed E-state index contributed by atoms with van der Waals surface area (Å²) in [4.78, 5) is 14.8. The molecule has 2 amide bonds. The number of nitrogens with one attached hydrogen (secondary N) is 2. The monoisotopic (exact) mass is 489 g/mol. The second-order valence-electron chi connectivity index (χ2n) is 9.51. The van der Waals surface area contributed by atoms with E-state index in [1.54, 1.807) is 30.2 Å². The molecule has 184 valence electrons. The van der Waals surface area contributed by atoms with E-state index in [0.29, 0.717) is 24.2 Å². The van der Waals surface area contributed by atoms with E-state index in [-0.39, 0.29) is 29.8 Å². The molecule has 0 bridgehead atoms. The first kappa shape index (κ1) is 24.6. The number of hydrogen-bond acceptors (Lipinski definition) is 4. The highest BCUT2D eigenvalue weighted by Gasteiger charge is 2.61. The summed E-state index contributed by atoms with van der Waals surface area (Å²) in [6.45, 7) is 2.61. The van der Waals surface area contributed by atoms with Crippen LogP contribution >= 0.6 is 0 Å². The summed E-state index contributed by atoms with van der Waals surface area (Å²) in [5.41, 5.74) is 1.38. The van der Waals surface area contributed by atoms with E-state index >= 15 is 4.39 Å². The minimum Gasteiger partial charge on any atom is -0.380 e. The number of ether oxygens (including phenoxy) is 1. The van der Waals surface area contributed by atoms with Crippen LogP contribution in [0.1, 0.15) is 25.3 Å². The van der Waals surface area contributed by atoms with Crippen molar-refractivity contribution in [3.63, 3.8) is 0 Å². The maximum Gasteiger partial charge on any atom is 0.317 e. The topological polar surface area (TPSA) is 87.7 Å². The van der Waals surface area contributed by atoms with E-state index in [0.717, 1.165) is 24.7 Å². The van der Waals surface area contributed by atoms with Gasteiger partial charge in [0.2, 0.25) is 10.0 Å². The number of hydrogen-bond donors (Lipinski definition) is 2. The van der Waals surface area contributed by atoms with Crippen molar-refractivity contribution in [3.05, 3.63) is 59.9 Å². The number of nitrogens with zero attached hydrogens (tertiary/aromatic N) is 1. The van der Waals surface area contributed by atoms with Crippen LogP contribution in [-0.2, 0) is 21.2 Å². The van der Waals surface area contributed by atoms with E-state index < -0.39 is 22.1 Å². The van der Waals surface area contributed by atoms with Crippen LogP contribution in [-0.4, -0.2) is 64.0 Å². The van der Waals surface area contributed by atoms with Crippen molar-refractivity contribution in [1.29, 1.82) is 0 Å². The Morgan fingerprint density at radius 2 is 1.91 bits per heavy atom. The Morgan fingerprint density at radius 3 is 2.53 bits per heavy atom.